The molecule has 3 rings (SSSR count). The topological polar surface area (TPSA) is 47.0 Å². The van der Waals surface area contributed by atoms with E-state index in [9.17, 15) is 0 Å². The van der Waals surface area contributed by atoms with E-state index in [4.69, 9.17) is 4.74 Å². The fourth-order valence-corrected chi connectivity index (χ4v) is 2.72. The van der Waals surface area contributed by atoms with Crippen LogP contribution in [0.5, 0.6) is 0 Å². The summed E-state index contributed by atoms with van der Waals surface area (Å²) in [6, 6.07) is 0. The minimum Gasteiger partial charge on any atom is -0.378 e. The largest absolute Gasteiger partial charge is 0.378 e. The van der Waals surface area contributed by atoms with Crippen molar-refractivity contribution in [1.82, 2.24) is 15.3 Å². The second-order valence-corrected chi connectivity index (χ2v) is 4.85. The first-order valence-electron chi connectivity index (χ1n) is 6.57. The fourth-order valence-electron chi connectivity index (χ4n) is 2.72. The summed E-state index contributed by atoms with van der Waals surface area (Å²) < 4.78 is 5.66. The highest BCUT2D eigenvalue weighted by molar-refractivity contribution is 5.27. The quantitative estimate of drug-likeness (QED) is 0.853. The Morgan fingerprint density at radius 1 is 1.41 bits per heavy atom. The van der Waals surface area contributed by atoms with E-state index in [1.165, 1.54) is 29.8 Å². The van der Waals surface area contributed by atoms with Gasteiger partial charge in [-0.3, -0.25) is 0 Å². The number of aromatic nitrogens is 2. The van der Waals surface area contributed by atoms with Crippen molar-refractivity contribution in [1.29, 1.82) is 0 Å². The van der Waals surface area contributed by atoms with Crippen molar-refractivity contribution in [3.05, 3.63) is 23.3 Å². The molecule has 1 saturated heterocycles. The molecule has 2 aliphatic heterocycles. The Balaban J connectivity index is 1.69. The lowest BCUT2D eigenvalue weighted by Gasteiger charge is -2.19. The second-order valence-electron chi connectivity index (χ2n) is 4.85. The molecular formula is C13H19N3O. The van der Waals surface area contributed by atoms with Crippen molar-refractivity contribution >= 4 is 0 Å². The number of aryl methyl sites for hydroxylation is 1. The SMILES string of the molecule is c1nc2c(c(CCC3CCCO3)n1)CNCC2. The molecule has 1 atom stereocenters. The van der Waals surface area contributed by atoms with Crippen LogP contribution < -0.4 is 5.32 Å². The number of hydrogen-bond donors (Lipinski definition) is 1. The van der Waals surface area contributed by atoms with E-state index in [0.29, 0.717) is 6.10 Å². The second kappa shape index (κ2) is 5.10. The van der Waals surface area contributed by atoms with Crippen LogP contribution in [0.1, 0.15) is 36.2 Å². The molecule has 4 heteroatoms. The maximum atomic E-state index is 5.66. The van der Waals surface area contributed by atoms with Gasteiger partial charge in [0.2, 0.25) is 0 Å². The van der Waals surface area contributed by atoms with E-state index in [2.05, 4.69) is 15.3 Å². The van der Waals surface area contributed by atoms with E-state index >= 15 is 0 Å². The zero-order valence-corrected chi connectivity index (χ0v) is 10.1. The predicted octanol–water partition coefficient (Wildman–Crippen LogP) is 1.23. The Hall–Kier alpha value is -1.00. The lowest BCUT2D eigenvalue weighted by molar-refractivity contribution is 0.104. The molecule has 0 spiro atoms. The van der Waals surface area contributed by atoms with Gasteiger partial charge in [-0.2, -0.15) is 0 Å². The summed E-state index contributed by atoms with van der Waals surface area (Å²) in [5, 5.41) is 3.40. The number of rotatable bonds is 3. The molecule has 0 radical (unpaired) electrons. The summed E-state index contributed by atoms with van der Waals surface area (Å²) in [4.78, 5) is 8.82. The summed E-state index contributed by atoms with van der Waals surface area (Å²) in [7, 11) is 0. The van der Waals surface area contributed by atoms with Crippen molar-refractivity contribution in [2.24, 2.45) is 0 Å². The van der Waals surface area contributed by atoms with Crippen LogP contribution in [0.15, 0.2) is 6.33 Å². The summed E-state index contributed by atoms with van der Waals surface area (Å²) in [6.45, 7) is 2.90. The Labute approximate surface area is 102 Å². The number of ether oxygens (including phenoxy) is 1. The van der Waals surface area contributed by atoms with Gasteiger partial charge in [0, 0.05) is 43.1 Å². The maximum Gasteiger partial charge on any atom is 0.115 e. The van der Waals surface area contributed by atoms with Gasteiger partial charge in [-0.15, -0.1) is 0 Å². The molecule has 0 aliphatic carbocycles. The van der Waals surface area contributed by atoms with Gasteiger partial charge in [0.15, 0.2) is 0 Å². The minimum absolute atomic E-state index is 0.456. The first kappa shape index (κ1) is 11.1. The molecule has 1 aromatic rings. The van der Waals surface area contributed by atoms with Gasteiger partial charge in [-0.05, 0) is 25.7 Å². The van der Waals surface area contributed by atoms with Crippen LogP contribution in [0.3, 0.4) is 0 Å². The van der Waals surface area contributed by atoms with Crippen molar-refractivity contribution in [2.75, 3.05) is 13.2 Å². The van der Waals surface area contributed by atoms with Crippen molar-refractivity contribution in [2.45, 2.75) is 44.8 Å². The molecule has 1 N–H and O–H groups in total. The first-order chi connectivity index (χ1) is 8.43. The zero-order valence-electron chi connectivity index (χ0n) is 10.1. The summed E-state index contributed by atoms with van der Waals surface area (Å²) in [5.74, 6) is 0. The summed E-state index contributed by atoms with van der Waals surface area (Å²) in [5.41, 5.74) is 3.79. The van der Waals surface area contributed by atoms with Crippen LogP contribution in [0.25, 0.3) is 0 Å². The number of hydrogen-bond acceptors (Lipinski definition) is 4. The third-order valence-electron chi connectivity index (χ3n) is 3.69. The Morgan fingerprint density at radius 2 is 2.41 bits per heavy atom. The van der Waals surface area contributed by atoms with Gasteiger partial charge >= 0.3 is 0 Å². The molecule has 0 aromatic carbocycles. The molecule has 0 bridgehead atoms. The Morgan fingerprint density at radius 3 is 3.29 bits per heavy atom. The van der Waals surface area contributed by atoms with Crippen LogP contribution in [0, 0.1) is 0 Å². The highest BCUT2D eigenvalue weighted by Crippen LogP contribution is 2.20. The van der Waals surface area contributed by atoms with E-state index in [0.717, 1.165) is 39.0 Å². The first-order valence-corrected chi connectivity index (χ1v) is 6.57. The monoisotopic (exact) mass is 233 g/mol. The van der Waals surface area contributed by atoms with Crippen LogP contribution >= 0.6 is 0 Å². The van der Waals surface area contributed by atoms with E-state index in [-0.39, 0.29) is 0 Å². The van der Waals surface area contributed by atoms with E-state index in [1.54, 1.807) is 6.33 Å². The molecule has 0 saturated carbocycles. The van der Waals surface area contributed by atoms with Crippen LogP contribution in [-0.4, -0.2) is 29.2 Å². The minimum atomic E-state index is 0.456. The predicted molar refractivity (Wildman–Crippen MR) is 64.7 cm³/mol. The normalized spacial score (nSPS) is 23.6. The molecule has 92 valence electrons. The Bertz CT molecular complexity index is 388. The van der Waals surface area contributed by atoms with Gasteiger partial charge < -0.3 is 10.1 Å². The highest BCUT2D eigenvalue weighted by atomic mass is 16.5. The van der Waals surface area contributed by atoms with Gasteiger partial charge in [0.25, 0.3) is 0 Å². The van der Waals surface area contributed by atoms with Gasteiger partial charge in [-0.25, -0.2) is 9.97 Å². The van der Waals surface area contributed by atoms with Crippen molar-refractivity contribution < 1.29 is 4.74 Å². The zero-order chi connectivity index (χ0) is 11.5. The fraction of sp³-hybridized carbons (Fsp3) is 0.692. The smallest absolute Gasteiger partial charge is 0.115 e. The van der Waals surface area contributed by atoms with Crippen molar-refractivity contribution in [3.8, 4) is 0 Å². The van der Waals surface area contributed by atoms with E-state index < -0.39 is 0 Å². The molecule has 1 aromatic heterocycles. The molecule has 1 unspecified atom stereocenters. The van der Waals surface area contributed by atoms with Crippen LogP contribution in [-0.2, 0) is 24.1 Å². The molecule has 1 fully saturated rings. The molecule has 3 heterocycles. The van der Waals surface area contributed by atoms with Gasteiger partial charge in [0.1, 0.15) is 6.33 Å². The average molecular weight is 233 g/mol. The number of nitrogens with one attached hydrogen (secondary N) is 1. The molecular weight excluding hydrogens is 214 g/mol. The Kier molecular flexibility index (Phi) is 3.34. The third kappa shape index (κ3) is 2.48. The maximum absolute atomic E-state index is 5.66. The summed E-state index contributed by atoms with van der Waals surface area (Å²) in [6.07, 6.45) is 7.76. The number of fused-ring (bicyclic) bond motifs is 1. The van der Waals surface area contributed by atoms with Crippen LogP contribution in [0.2, 0.25) is 0 Å². The average Bonchev–Trinajstić information content (AvgIpc) is 2.89. The molecule has 2 aliphatic rings. The molecule has 0 amide bonds. The van der Waals surface area contributed by atoms with Gasteiger partial charge in [-0.1, -0.05) is 0 Å². The van der Waals surface area contributed by atoms with Gasteiger partial charge in [0.05, 0.1) is 6.10 Å². The number of nitrogens with zero attached hydrogens (tertiary/aromatic N) is 2. The van der Waals surface area contributed by atoms with E-state index in [1.807, 2.05) is 0 Å². The molecule has 17 heavy (non-hydrogen) atoms. The summed E-state index contributed by atoms with van der Waals surface area (Å²) >= 11 is 0. The highest BCUT2D eigenvalue weighted by Gasteiger charge is 2.18. The lowest BCUT2D eigenvalue weighted by atomic mass is 10.0. The third-order valence-corrected chi connectivity index (χ3v) is 3.69. The molecule has 4 nitrogen and oxygen atoms in total. The van der Waals surface area contributed by atoms with Crippen molar-refractivity contribution in [3.63, 3.8) is 0 Å². The van der Waals surface area contributed by atoms with Crippen LogP contribution in [0.4, 0.5) is 0 Å². The standard InChI is InChI=1S/C13H19N3O/c1-2-10(17-7-1)3-4-12-11-8-14-6-5-13(11)16-9-15-12/h9-10,14H,1-8H2. The lowest BCUT2D eigenvalue weighted by Crippen LogP contribution is -2.26.